The molecule has 10 heteroatoms. The van der Waals surface area contributed by atoms with Gasteiger partial charge in [-0.1, -0.05) is 0 Å². The molecule has 0 unspecified atom stereocenters. The number of carbonyl (C=O) groups is 4. The number of hydrogen-bond acceptors (Lipinski definition) is 9. The number of benzene rings is 1. The number of ketones is 1. The summed E-state index contributed by atoms with van der Waals surface area (Å²) in [5.74, 6) is -3.16. The number of rotatable bonds is 8. The third kappa shape index (κ3) is 7.18. The van der Waals surface area contributed by atoms with Crippen LogP contribution in [0.2, 0.25) is 0 Å². The van der Waals surface area contributed by atoms with Crippen molar-refractivity contribution in [3.05, 3.63) is 29.8 Å². The summed E-state index contributed by atoms with van der Waals surface area (Å²) in [4.78, 5) is 46.1. The van der Waals surface area contributed by atoms with Gasteiger partial charge in [0.2, 0.25) is 5.78 Å². The van der Waals surface area contributed by atoms with Gasteiger partial charge in [0.25, 0.3) is 0 Å². The van der Waals surface area contributed by atoms with E-state index in [0.717, 1.165) is 13.2 Å². The number of sulfone groups is 1. The molecule has 0 spiro atoms. The highest BCUT2D eigenvalue weighted by Crippen LogP contribution is 2.19. The van der Waals surface area contributed by atoms with Crippen molar-refractivity contribution in [1.82, 2.24) is 0 Å². The first-order chi connectivity index (χ1) is 12.3. The Bertz CT molecular complexity index is 836. The number of esters is 3. The molecule has 0 aromatic heterocycles. The molecule has 0 heterocycles. The minimum Gasteiger partial charge on any atom is -0.454 e. The maximum absolute atomic E-state index is 12.5. The predicted octanol–water partition coefficient (Wildman–Crippen LogP) is 0.701. The van der Waals surface area contributed by atoms with Crippen LogP contribution in [0, 0.1) is 0 Å². The Morgan fingerprint density at radius 2 is 1.44 bits per heavy atom. The molecule has 0 amide bonds. The van der Waals surface area contributed by atoms with Crippen molar-refractivity contribution in [3.8, 4) is 0 Å². The zero-order valence-corrected chi connectivity index (χ0v) is 16.1. The molecule has 0 aliphatic heterocycles. The van der Waals surface area contributed by atoms with Gasteiger partial charge in [-0.3, -0.25) is 9.59 Å². The number of hydrogen-bond donors (Lipinski definition) is 0. The van der Waals surface area contributed by atoms with E-state index in [1.165, 1.54) is 38.1 Å². The Balaban J connectivity index is 2.68. The van der Waals surface area contributed by atoms with Crippen LogP contribution in [0.5, 0.6) is 0 Å². The summed E-state index contributed by atoms with van der Waals surface area (Å²) in [7, 11) is -3.40. The third-order valence-corrected chi connectivity index (χ3v) is 4.33. The maximum atomic E-state index is 12.5. The second-order valence-corrected chi connectivity index (χ2v) is 8.07. The van der Waals surface area contributed by atoms with E-state index in [2.05, 4.69) is 9.47 Å². The molecule has 9 nitrogen and oxygen atoms in total. The normalized spacial score (nSPS) is 11.4. The predicted molar refractivity (Wildman–Crippen MR) is 91.6 cm³/mol. The van der Waals surface area contributed by atoms with Gasteiger partial charge in [-0.25, -0.2) is 18.0 Å². The average Bonchev–Trinajstić information content (AvgIpc) is 2.56. The van der Waals surface area contributed by atoms with E-state index < -0.39 is 52.3 Å². The van der Waals surface area contributed by atoms with Crippen LogP contribution in [-0.2, 0) is 38.4 Å². The molecule has 1 rings (SSSR count). The molecule has 1 aromatic carbocycles. The molecule has 0 aliphatic rings. The summed E-state index contributed by atoms with van der Waals surface area (Å²) >= 11 is 0. The van der Waals surface area contributed by atoms with Gasteiger partial charge in [-0.05, 0) is 38.1 Å². The molecule has 0 saturated heterocycles. The Kier molecular flexibility index (Phi) is 7.23. The molecule has 0 N–H and O–H groups in total. The Morgan fingerprint density at radius 1 is 0.926 bits per heavy atom. The second-order valence-electron chi connectivity index (χ2n) is 6.05. The van der Waals surface area contributed by atoms with Crippen LogP contribution in [0.4, 0.5) is 0 Å². The molecule has 0 bridgehead atoms. The number of carbonyl (C=O) groups excluding carboxylic acids is 4. The van der Waals surface area contributed by atoms with Gasteiger partial charge in [0.1, 0.15) is 0 Å². The summed E-state index contributed by atoms with van der Waals surface area (Å²) in [5.41, 5.74) is -1.43. The minimum absolute atomic E-state index is 0.0496. The summed E-state index contributed by atoms with van der Waals surface area (Å²) in [5, 5.41) is 0. The Hall–Kier alpha value is -2.75. The smallest absolute Gasteiger partial charge is 0.345 e. The van der Waals surface area contributed by atoms with Crippen LogP contribution in [0.3, 0.4) is 0 Å². The summed E-state index contributed by atoms with van der Waals surface area (Å²) in [6, 6.07) is 5.18. The fraction of sp³-hybridized carbons (Fsp3) is 0.412. The summed E-state index contributed by atoms with van der Waals surface area (Å²) in [6.45, 7) is 2.40. The van der Waals surface area contributed by atoms with Crippen LogP contribution in [0.25, 0.3) is 0 Å². The van der Waals surface area contributed by atoms with Gasteiger partial charge in [-0.15, -0.1) is 0 Å². The van der Waals surface area contributed by atoms with E-state index in [0.29, 0.717) is 0 Å². The van der Waals surface area contributed by atoms with Crippen molar-refractivity contribution < 1.29 is 41.8 Å². The van der Waals surface area contributed by atoms with Crippen molar-refractivity contribution in [1.29, 1.82) is 0 Å². The van der Waals surface area contributed by atoms with Gasteiger partial charge in [0, 0.05) is 18.7 Å². The summed E-state index contributed by atoms with van der Waals surface area (Å²) in [6.07, 6.45) is 1.04. The fourth-order valence-electron chi connectivity index (χ4n) is 1.90. The van der Waals surface area contributed by atoms with Crippen molar-refractivity contribution >= 4 is 33.5 Å². The molecule has 0 radical (unpaired) electrons. The van der Waals surface area contributed by atoms with Crippen molar-refractivity contribution in [2.45, 2.75) is 31.3 Å². The van der Waals surface area contributed by atoms with Gasteiger partial charge >= 0.3 is 17.9 Å². The first kappa shape index (κ1) is 22.3. The van der Waals surface area contributed by atoms with Crippen LogP contribution >= 0.6 is 0 Å². The lowest BCUT2D eigenvalue weighted by molar-refractivity contribution is -0.168. The lowest BCUT2D eigenvalue weighted by Gasteiger charge is -2.23. The zero-order valence-electron chi connectivity index (χ0n) is 15.3. The standard InChI is InChI=1S/C17H20O9S/c1-11(18)24-9-14(19)25-10-15(20)26-17(2,3)16(21)12-5-7-13(8-6-12)27(4,22)23/h5-8H,9-10H2,1-4H3. The van der Waals surface area contributed by atoms with Gasteiger partial charge in [-0.2, -0.15) is 0 Å². The fourth-order valence-corrected chi connectivity index (χ4v) is 2.53. The highest BCUT2D eigenvalue weighted by atomic mass is 32.2. The molecule has 0 saturated carbocycles. The number of ether oxygens (including phenoxy) is 3. The quantitative estimate of drug-likeness (QED) is 0.351. The molecule has 1 aromatic rings. The van der Waals surface area contributed by atoms with Gasteiger partial charge in [0.05, 0.1) is 4.90 Å². The van der Waals surface area contributed by atoms with Crippen molar-refractivity contribution in [2.24, 2.45) is 0 Å². The van der Waals surface area contributed by atoms with Crippen molar-refractivity contribution in [3.63, 3.8) is 0 Å². The van der Waals surface area contributed by atoms with Crippen molar-refractivity contribution in [2.75, 3.05) is 19.5 Å². The largest absolute Gasteiger partial charge is 0.454 e. The van der Waals surface area contributed by atoms with E-state index in [-0.39, 0.29) is 10.5 Å². The highest BCUT2D eigenvalue weighted by Gasteiger charge is 2.33. The Morgan fingerprint density at radius 3 is 1.93 bits per heavy atom. The lowest BCUT2D eigenvalue weighted by atomic mass is 9.96. The first-order valence-corrected chi connectivity index (χ1v) is 9.58. The molecule has 148 valence electrons. The van der Waals surface area contributed by atoms with Gasteiger partial charge in [0.15, 0.2) is 28.7 Å². The third-order valence-electron chi connectivity index (χ3n) is 3.20. The first-order valence-electron chi connectivity index (χ1n) is 7.68. The topological polar surface area (TPSA) is 130 Å². The monoisotopic (exact) mass is 400 g/mol. The van der Waals surface area contributed by atoms with E-state index in [1.54, 1.807) is 0 Å². The van der Waals surface area contributed by atoms with E-state index in [9.17, 15) is 27.6 Å². The molecular weight excluding hydrogens is 380 g/mol. The molecule has 0 aliphatic carbocycles. The Labute approximate surface area is 156 Å². The van der Waals surface area contributed by atoms with Crippen LogP contribution < -0.4 is 0 Å². The molecular formula is C17H20O9S. The second kappa shape index (κ2) is 8.76. The van der Waals surface area contributed by atoms with E-state index in [1.807, 2.05) is 0 Å². The van der Waals surface area contributed by atoms with Gasteiger partial charge < -0.3 is 14.2 Å². The lowest BCUT2D eigenvalue weighted by Crippen LogP contribution is -2.38. The molecule has 0 fully saturated rings. The van der Waals surface area contributed by atoms with Crippen LogP contribution in [-0.4, -0.2) is 57.2 Å². The SMILES string of the molecule is CC(=O)OCC(=O)OCC(=O)OC(C)(C)C(=O)c1ccc(S(C)(=O)=O)cc1. The molecule has 0 atom stereocenters. The summed E-state index contributed by atoms with van der Waals surface area (Å²) < 4.78 is 36.9. The maximum Gasteiger partial charge on any atom is 0.345 e. The van der Waals surface area contributed by atoms with E-state index >= 15 is 0 Å². The average molecular weight is 400 g/mol. The van der Waals surface area contributed by atoms with E-state index in [4.69, 9.17) is 4.74 Å². The zero-order chi connectivity index (χ0) is 20.8. The van der Waals surface area contributed by atoms with Crippen LogP contribution in [0.1, 0.15) is 31.1 Å². The minimum atomic E-state index is -3.40. The molecule has 27 heavy (non-hydrogen) atoms. The number of Topliss-reactive ketones (excluding diaryl/α,β-unsaturated/α-hetero) is 1. The van der Waals surface area contributed by atoms with Crippen LogP contribution in [0.15, 0.2) is 29.2 Å². The highest BCUT2D eigenvalue weighted by molar-refractivity contribution is 7.90.